The third kappa shape index (κ3) is 2.77. The lowest BCUT2D eigenvalue weighted by atomic mass is 9.40. The molecule has 1 amide bonds. The lowest BCUT2D eigenvalue weighted by Gasteiger charge is -2.64. The second kappa shape index (κ2) is 6.46. The Balaban J connectivity index is 1.41. The molecule has 1 aromatic heterocycles. The number of fused-ring (bicyclic) bond motifs is 5. The van der Waals surface area contributed by atoms with Crippen molar-refractivity contribution in [3.63, 3.8) is 0 Å². The van der Waals surface area contributed by atoms with E-state index in [2.05, 4.69) is 48.6 Å². The van der Waals surface area contributed by atoms with Crippen molar-refractivity contribution in [1.82, 2.24) is 14.9 Å². The van der Waals surface area contributed by atoms with Gasteiger partial charge in [0, 0.05) is 31.4 Å². The number of likely N-dealkylation sites (tertiary alicyclic amines) is 1. The molecule has 3 aliphatic carbocycles. The number of hydrogen-bond acceptors (Lipinski definition) is 2. The maximum atomic E-state index is 13.6. The molecule has 5 atom stereocenters. The fourth-order valence-electron chi connectivity index (χ4n) is 8.32. The van der Waals surface area contributed by atoms with Crippen LogP contribution in [0.15, 0.2) is 24.2 Å². The van der Waals surface area contributed by atoms with Gasteiger partial charge in [0.25, 0.3) is 0 Å². The summed E-state index contributed by atoms with van der Waals surface area (Å²) >= 11 is 0. The van der Waals surface area contributed by atoms with Gasteiger partial charge in [-0.1, -0.05) is 40.2 Å². The summed E-state index contributed by atoms with van der Waals surface area (Å²) in [6, 6.07) is 0. The Morgan fingerprint density at radius 3 is 2.72 bits per heavy atom. The largest absolute Gasteiger partial charge is 0.348 e. The minimum absolute atomic E-state index is 0.117. The van der Waals surface area contributed by atoms with Crippen LogP contribution in [-0.4, -0.2) is 33.9 Å². The van der Waals surface area contributed by atoms with E-state index in [-0.39, 0.29) is 11.3 Å². The number of H-pyrrole nitrogens is 1. The normalized spacial score (nSPS) is 40.8. The lowest BCUT2D eigenvalue weighted by Crippen LogP contribution is -2.58. The number of rotatable bonds is 3. The molecule has 0 spiro atoms. The zero-order valence-corrected chi connectivity index (χ0v) is 18.6. The summed E-state index contributed by atoms with van der Waals surface area (Å²) in [5.41, 5.74) is 3.47. The van der Waals surface area contributed by atoms with E-state index < -0.39 is 0 Å². The molecule has 2 saturated carbocycles. The summed E-state index contributed by atoms with van der Waals surface area (Å²) in [5.74, 6) is 1.94. The van der Waals surface area contributed by atoms with E-state index in [4.69, 9.17) is 0 Å². The van der Waals surface area contributed by atoms with Gasteiger partial charge < -0.3 is 9.88 Å². The first-order valence-corrected chi connectivity index (χ1v) is 11.7. The van der Waals surface area contributed by atoms with Crippen molar-refractivity contribution in [2.45, 2.75) is 72.6 Å². The zero-order valence-electron chi connectivity index (χ0n) is 18.6. The van der Waals surface area contributed by atoms with E-state index in [0.717, 1.165) is 31.1 Å². The van der Waals surface area contributed by atoms with Crippen LogP contribution in [-0.2, 0) is 11.2 Å². The fourth-order valence-corrected chi connectivity index (χ4v) is 8.32. The molecule has 4 heteroatoms. The van der Waals surface area contributed by atoms with E-state index >= 15 is 0 Å². The standard InChI is InChI=1S/C25H37N3O/c1-23(2)10-5-11-24(3)19(23)8-12-25(4)20(24)7-6-17-15-28(22(29)21(17)25)13-9-18-14-26-16-27-18/h6,14,16,19-21H,5,7-13,15H2,1-4H3,(H,26,27)/t19-,20+,21-,24-,25+/m0/s1. The van der Waals surface area contributed by atoms with Gasteiger partial charge in [-0.15, -0.1) is 0 Å². The molecule has 4 nitrogen and oxygen atoms in total. The molecule has 5 rings (SSSR count). The second-order valence-electron chi connectivity index (χ2n) is 11.5. The monoisotopic (exact) mass is 395 g/mol. The fraction of sp³-hybridized carbons (Fsp3) is 0.760. The van der Waals surface area contributed by atoms with E-state index in [0.29, 0.717) is 22.7 Å². The van der Waals surface area contributed by atoms with Gasteiger partial charge in [0.15, 0.2) is 0 Å². The van der Waals surface area contributed by atoms with E-state index in [1.165, 1.54) is 44.1 Å². The van der Waals surface area contributed by atoms with Crippen LogP contribution >= 0.6 is 0 Å². The van der Waals surface area contributed by atoms with Crippen molar-refractivity contribution < 1.29 is 4.79 Å². The van der Waals surface area contributed by atoms with Crippen LogP contribution in [0.1, 0.15) is 71.9 Å². The summed E-state index contributed by atoms with van der Waals surface area (Å²) < 4.78 is 0. The number of aromatic nitrogens is 2. The molecule has 1 aromatic rings. The van der Waals surface area contributed by atoms with Crippen molar-refractivity contribution in [3.05, 3.63) is 29.9 Å². The highest BCUT2D eigenvalue weighted by molar-refractivity contribution is 5.86. The van der Waals surface area contributed by atoms with Crippen LogP contribution in [0.4, 0.5) is 0 Å². The number of nitrogens with zero attached hydrogens (tertiary/aromatic N) is 2. The summed E-state index contributed by atoms with van der Waals surface area (Å²) in [7, 11) is 0. The summed E-state index contributed by atoms with van der Waals surface area (Å²) in [6.07, 6.45) is 14.7. The Morgan fingerprint density at radius 1 is 1.14 bits per heavy atom. The van der Waals surface area contributed by atoms with E-state index in [1.54, 1.807) is 6.33 Å². The van der Waals surface area contributed by atoms with Gasteiger partial charge in [-0.3, -0.25) is 4.79 Å². The third-order valence-corrected chi connectivity index (χ3v) is 9.62. The first-order valence-electron chi connectivity index (χ1n) is 11.7. The molecule has 1 aliphatic heterocycles. The Kier molecular flexibility index (Phi) is 4.32. The molecule has 0 bridgehead atoms. The Morgan fingerprint density at radius 2 is 1.97 bits per heavy atom. The van der Waals surface area contributed by atoms with Crippen LogP contribution in [0.25, 0.3) is 0 Å². The van der Waals surface area contributed by atoms with Crippen molar-refractivity contribution in [2.75, 3.05) is 13.1 Å². The summed E-state index contributed by atoms with van der Waals surface area (Å²) in [5, 5.41) is 0. The third-order valence-electron chi connectivity index (χ3n) is 9.62. The second-order valence-corrected chi connectivity index (χ2v) is 11.5. The minimum Gasteiger partial charge on any atom is -0.348 e. The molecule has 3 fully saturated rings. The van der Waals surface area contributed by atoms with Gasteiger partial charge >= 0.3 is 0 Å². The van der Waals surface area contributed by atoms with Crippen molar-refractivity contribution >= 4 is 5.91 Å². The molecule has 1 saturated heterocycles. The molecule has 158 valence electrons. The minimum atomic E-state index is 0.117. The van der Waals surface area contributed by atoms with Crippen LogP contribution in [0.3, 0.4) is 0 Å². The van der Waals surface area contributed by atoms with Crippen molar-refractivity contribution in [3.8, 4) is 0 Å². The summed E-state index contributed by atoms with van der Waals surface area (Å²) in [6.45, 7) is 11.7. The van der Waals surface area contributed by atoms with Gasteiger partial charge in [0.1, 0.15) is 0 Å². The number of amides is 1. The Bertz CT molecular complexity index is 825. The van der Waals surface area contributed by atoms with Gasteiger partial charge in [-0.25, -0.2) is 4.98 Å². The maximum Gasteiger partial charge on any atom is 0.230 e. The van der Waals surface area contributed by atoms with Crippen LogP contribution in [0.2, 0.25) is 0 Å². The molecule has 0 unspecified atom stereocenters. The lowest BCUT2D eigenvalue weighted by molar-refractivity contribution is -0.157. The highest BCUT2D eigenvalue weighted by Crippen LogP contribution is 2.68. The number of hydrogen-bond donors (Lipinski definition) is 1. The SMILES string of the molecule is CC1(C)CCC[C@]2(C)[C@H]3CC=C4CN(CCc5cnc[nH]5)C(=O)[C@H]4[C@]3(C)CC[C@@H]12. The topological polar surface area (TPSA) is 49.0 Å². The van der Waals surface area contributed by atoms with Crippen molar-refractivity contribution in [2.24, 2.45) is 34.0 Å². The molecule has 4 aliphatic rings. The number of allylic oxidation sites excluding steroid dienone is 1. The van der Waals surface area contributed by atoms with E-state index in [1.807, 2.05) is 6.20 Å². The number of carbonyl (C=O) groups excluding carboxylic acids is 1. The molecule has 29 heavy (non-hydrogen) atoms. The highest BCUT2D eigenvalue weighted by atomic mass is 16.2. The predicted octanol–water partition coefficient (Wildman–Crippen LogP) is 4.99. The smallest absolute Gasteiger partial charge is 0.230 e. The van der Waals surface area contributed by atoms with Gasteiger partial charge in [0.05, 0.1) is 12.2 Å². The maximum absolute atomic E-state index is 13.6. The van der Waals surface area contributed by atoms with Crippen LogP contribution < -0.4 is 0 Å². The Hall–Kier alpha value is -1.58. The van der Waals surface area contributed by atoms with Gasteiger partial charge in [-0.05, 0) is 65.8 Å². The van der Waals surface area contributed by atoms with Crippen LogP contribution in [0, 0.1) is 34.0 Å². The molecule has 1 N–H and O–H groups in total. The number of nitrogens with one attached hydrogen (secondary N) is 1. The zero-order chi connectivity index (χ0) is 20.4. The van der Waals surface area contributed by atoms with Crippen LogP contribution in [0.5, 0.6) is 0 Å². The molecule has 0 aromatic carbocycles. The molecular weight excluding hydrogens is 358 g/mol. The number of aromatic amines is 1. The van der Waals surface area contributed by atoms with Gasteiger partial charge in [0.2, 0.25) is 5.91 Å². The first kappa shape index (κ1) is 19.4. The quantitative estimate of drug-likeness (QED) is 0.733. The number of carbonyl (C=O) groups is 1. The molecular formula is C25H37N3O. The first-order chi connectivity index (χ1) is 13.8. The Labute approximate surface area is 175 Å². The average molecular weight is 396 g/mol. The van der Waals surface area contributed by atoms with E-state index in [9.17, 15) is 4.79 Å². The average Bonchev–Trinajstić information content (AvgIpc) is 3.27. The van der Waals surface area contributed by atoms with Crippen molar-refractivity contribution in [1.29, 1.82) is 0 Å². The number of imidazole rings is 1. The molecule has 0 radical (unpaired) electrons. The highest BCUT2D eigenvalue weighted by Gasteiger charge is 2.63. The van der Waals surface area contributed by atoms with Gasteiger partial charge in [-0.2, -0.15) is 0 Å². The predicted molar refractivity (Wildman–Crippen MR) is 115 cm³/mol. The summed E-state index contributed by atoms with van der Waals surface area (Å²) in [4.78, 5) is 23.0. The molecule has 2 heterocycles.